The SMILES string of the molecule is CCOC(=O)C1=C(c2ccccc2)N=c2s/c(=C/c3ccc(-c4cc(Cl)c([N+](=O)[O-])cc4Cl)o3)c(=O)n2[C@H]1c1ccc(SC)cc1. The Morgan fingerprint density at radius 1 is 1.11 bits per heavy atom. The van der Waals surface area contributed by atoms with Gasteiger partial charge >= 0.3 is 5.97 Å². The second-order valence-electron chi connectivity index (χ2n) is 9.95. The van der Waals surface area contributed by atoms with Gasteiger partial charge in [-0.05, 0) is 49.1 Å². The molecule has 3 aromatic carbocycles. The van der Waals surface area contributed by atoms with Crippen LogP contribution in [0.1, 0.15) is 29.9 Å². The van der Waals surface area contributed by atoms with Crippen LogP contribution in [0.3, 0.4) is 0 Å². The Morgan fingerprint density at radius 2 is 1.85 bits per heavy atom. The van der Waals surface area contributed by atoms with Crippen molar-refractivity contribution in [3.63, 3.8) is 0 Å². The fourth-order valence-corrected chi connectivity index (χ4v) is 6.98. The summed E-state index contributed by atoms with van der Waals surface area (Å²) < 4.78 is 13.3. The van der Waals surface area contributed by atoms with E-state index in [1.807, 2.05) is 60.9 Å². The van der Waals surface area contributed by atoms with Gasteiger partial charge in [0.25, 0.3) is 11.2 Å². The van der Waals surface area contributed by atoms with Gasteiger partial charge in [0.1, 0.15) is 16.5 Å². The minimum absolute atomic E-state index is 0.0869. The van der Waals surface area contributed by atoms with Crippen LogP contribution in [0.25, 0.3) is 23.1 Å². The number of thioether (sulfide) groups is 1. The molecule has 0 unspecified atom stereocenters. The first-order chi connectivity index (χ1) is 22.2. The predicted octanol–water partition coefficient (Wildman–Crippen LogP) is 7.13. The Hall–Kier alpha value is -4.42. The van der Waals surface area contributed by atoms with Crippen LogP contribution in [0.2, 0.25) is 10.0 Å². The molecule has 0 radical (unpaired) electrons. The number of furan rings is 1. The number of thiazole rings is 1. The first kappa shape index (κ1) is 31.6. The zero-order valence-corrected chi connectivity index (χ0v) is 27.4. The van der Waals surface area contributed by atoms with Crippen molar-refractivity contribution in [2.75, 3.05) is 12.9 Å². The minimum Gasteiger partial charge on any atom is -0.463 e. The minimum atomic E-state index is -0.809. The number of carbonyl (C=O) groups is 1. The summed E-state index contributed by atoms with van der Waals surface area (Å²) in [6.45, 7) is 1.88. The smallest absolute Gasteiger partial charge is 0.338 e. The van der Waals surface area contributed by atoms with Crippen molar-refractivity contribution in [1.29, 1.82) is 0 Å². The third kappa shape index (κ3) is 5.94. The third-order valence-corrected chi connectivity index (χ3v) is 9.55. The molecular weight excluding hydrogens is 669 g/mol. The zero-order chi connectivity index (χ0) is 32.5. The van der Waals surface area contributed by atoms with E-state index in [0.717, 1.165) is 27.9 Å². The molecule has 46 heavy (non-hydrogen) atoms. The number of carbonyl (C=O) groups excluding carboxylic acids is 1. The number of nitrogens with zero attached hydrogens (tertiary/aromatic N) is 3. The van der Waals surface area contributed by atoms with Gasteiger partial charge < -0.3 is 9.15 Å². The van der Waals surface area contributed by atoms with Crippen molar-refractivity contribution in [1.82, 2.24) is 4.57 Å². The van der Waals surface area contributed by atoms with E-state index in [0.29, 0.717) is 37.7 Å². The molecule has 1 aliphatic heterocycles. The highest BCUT2D eigenvalue weighted by atomic mass is 35.5. The number of hydrogen-bond acceptors (Lipinski definition) is 9. The molecule has 9 nitrogen and oxygen atoms in total. The highest BCUT2D eigenvalue weighted by Crippen LogP contribution is 2.38. The van der Waals surface area contributed by atoms with Gasteiger partial charge in [0, 0.05) is 28.2 Å². The molecule has 6 rings (SSSR count). The molecule has 0 N–H and O–H groups in total. The van der Waals surface area contributed by atoms with Crippen molar-refractivity contribution >= 4 is 69.7 Å². The Balaban J connectivity index is 1.53. The molecule has 0 saturated heterocycles. The van der Waals surface area contributed by atoms with Crippen LogP contribution < -0.4 is 14.9 Å². The number of halogens is 2. The highest BCUT2D eigenvalue weighted by Gasteiger charge is 2.35. The van der Waals surface area contributed by atoms with Crippen LogP contribution in [0.15, 0.2) is 104 Å². The quantitative estimate of drug-likeness (QED) is 0.0735. The monoisotopic (exact) mass is 691 g/mol. The fraction of sp³-hybridized carbons (Fsp3) is 0.121. The Morgan fingerprint density at radius 3 is 2.52 bits per heavy atom. The lowest BCUT2D eigenvalue weighted by Crippen LogP contribution is -2.40. The normalized spacial score (nSPS) is 14.6. The number of nitro benzene ring substituents is 1. The summed E-state index contributed by atoms with van der Waals surface area (Å²) in [6.07, 6.45) is 3.55. The van der Waals surface area contributed by atoms with Gasteiger partial charge in [-0.3, -0.25) is 19.5 Å². The molecule has 0 spiro atoms. The van der Waals surface area contributed by atoms with Crippen LogP contribution in [0.5, 0.6) is 0 Å². The zero-order valence-electron chi connectivity index (χ0n) is 24.2. The molecule has 1 atom stereocenters. The van der Waals surface area contributed by atoms with Crippen molar-refractivity contribution in [2.45, 2.75) is 17.9 Å². The lowest BCUT2D eigenvalue weighted by atomic mass is 9.93. The first-order valence-corrected chi connectivity index (χ1v) is 16.7. The van der Waals surface area contributed by atoms with E-state index in [2.05, 4.69) is 0 Å². The van der Waals surface area contributed by atoms with E-state index < -0.39 is 16.9 Å². The number of fused-ring (bicyclic) bond motifs is 1. The maximum absolute atomic E-state index is 14.1. The molecule has 0 saturated carbocycles. The van der Waals surface area contributed by atoms with Gasteiger partial charge in [-0.2, -0.15) is 0 Å². The average molecular weight is 693 g/mol. The predicted molar refractivity (Wildman–Crippen MR) is 180 cm³/mol. The molecule has 0 fully saturated rings. The summed E-state index contributed by atoms with van der Waals surface area (Å²) >= 11 is 15.2. The number of rotatable bonds is 8. The summed E-state index contributed by atoms with van der Waals surface area (Å²) in [6, 6.07) is 22.0. The molecule has 0 bridgehead atoms. The average Bonchev–Trinajstić information content (AvgIpc) is 3.65. The topological polar surface area (TPSA) is 117 Å². The van der Waals surface area contributed by atoms with Crippen LogP contribution in [-0.2, 0) is 9.53 Å². The van der Waals surface area contributed by atoms with Crippen LogP contribution >= 0.6 is 46.3 Å². The summed E-state index contributed by atoms with van der Waals surface area (Å²) in [5.41, 5.74) is 1.79. The lowest BCUT2D eigenvalue weighted by Gasteiger charge is -2.26. The summed E-state index contributed by atoms with van der Waals surface area (Å²) in [4.78, 5) is 44.7. The Bertz CT molecular complexity index is 2210. The van der Waals surface area contributed by atoms with Crippen molar-refractivity contribution < 1.29 is 18.9 Å². The van der Waals surface area contributed by atoms with Crippen LogP contribution in [0, 0.1) is 10.1 Å². The maximum atomic E-state index is 14.1. The van der Waals surface area contributed by atoms with Gasteiger partial charge in [0.2, 0.25) is 0 Å². The first-order valence-electron chi connectivity index (χ1n) is 13.9. The van der Waals surface area contributed by atoms with E-state index in [1.54, 1.807) is 36.9 Å². The third-order valence-electron chi connectivity index (χ3n) is 7.20. The molecule has 0 amide bonds. The largest absolute Gasteiger partial charge is 0.463 e. The molecule has 3 heterocycles. The molecule has 13 heteroatoms. The van der Waals surface area contributed by atoms with E-state index in [-0.39, 0.29) is 33.5 Å². The Kier molecular flexibility index (Phi) is 9.01. The number of esters is 1. The van der Waals surface area contributed by atoms with E-state index in [1.165, 1.54) is 10.6 Å². The summed E-state index contributed by atoms with van der Waals surface area (Å²) in [5.74, 6) is 0.0794. The van der Waals surface area contributed by atoms with Gasteiger partial charge in [-0.1, -0.05) is 77.0 Å². The molecule has 232 valence electrons. The second-order valence-corrected chi connectivity index (χ2v) is 12.7. The lowest BCUT2D eigenvalue weighted by molar-refractivity contribution is -0.384. The summed E-state index contributed by atoms with van der Waals surface area (Å²) in [7, 11) is 0. The van der Waals surface area contributed by atoms with Gasteiger partial charge in [0.05, 0.1) is 38.4 Å². The van der Waals surface area contributed by atoms with Crippen molar-refractivity contribution in [3.8, 4) is 11.3 Å². The number of aromatic nitrogens is 1. The maximum Gasteiger partial charge on any atom is 0.338 e. The number of ether oxygens (including phenoxy) is 1. The fourth-order valence-electron chi connectivity index (χ4n) is 5.11. The molecule has 1 aliphatic rings. The second kappa shape index (κ2) is 13.1. The molecular formula is C33H23Cl2N3O6S2. The molecule has 5 aromatic rings. The van der Waals surface area contributed by atoms with E-state index in [4.69, 9.17) is 37.3 Å². The number of benzene rings is 3. The van der Waals surface area contributed by atoms with E-state index >= 15 is 0 Å². The van der Waals surface area contributed by atoms with Crippen LogP contribution in [0.4, 0.5) is 5.69 Å². The summed E-state index contributed by atoms with van der Waals surface area (Å²) in [5, 5.41) is 11.2. The van der Waals surface area contributed by atoms with Gasteiger partial charge in [0.15, 0.2) is 4.80 Å². The van der Waals surface area contributed by atoms with Crippen LogP contribution in [-0.4, -0.2) is 28.3 Å². The van der Waals surface area contributed by atoms with Crippen molar-refractivity contribution in [3.05, 3.63) is 141 Å². The van der Waals surface area contributed by atoms with E-state index in [9.17, 15) is 19.7 Å². The van der Waals surface area contributed by atoms with Gasteiger partial charge in [-0.25, -0.2) is 9.79 Å². The molecule has 0 aliphatic carbocycles. The highest BCUT2D eigenvalue weighted by molar-refractivity contribution is 7.98. The molecule has 2 aromatic heterocycles. The van der Waals surface area contributed by atoms with Gasteiger partial charge in [-0.15, -0.1) is 11.8 Å². The Labute approximate surface area is 280 Å². The standard InChI is InChI=1S/C33H23Cl2N3O6S2/c1-3-43-32(40)28-29(18-7-5-4-6-8-18)36-33-37(30(28)19-9-12-21(45-2)13-10-19)31(39)27(46-33)15-20-11-14-26(44-20)22-16-24(35)25(38(41)42)17-23(22)34/h4-17,30H,3H2,1-2H3/b27-15+/t30-/m0/s1. The van der Waals surface area contributed by atoms with Crippen molar-refractivity contribution in [2.24, 2.45) is 4.99 Å². The number of nitro groups is 1. The number of hydrogen-bond donors (Lipinski definition) is 0.